The molecule has 2 heterocycles. The second-order valence-electron chi connectivity index (χ2n) is 10.0. The lowest BCUT2D eigenvalue weighted by molar-refractivity contribution is 0.352. The number of nitrogens with one attached hydrogen (secondary N) is 2. The van der Waals surface area contributed by atoms with Gasteiger partial charge in [0.25, 0.3) is 0 Å². The number of benzene rings is 2. The van der Waals surface area contributed by atoms with Gasteiger partial charge in [-0.2, -0.15) is 5.26 Å². The number of fused-ring (bicyclic) bond motifs is 1. The van der Waals surface area contributed by atoms with E-state index in [4.69, 9.17) is 16.6 Å². The Morgan fingerprint density at radius 1 is 1.19 bits per heavy atom. The van der Waals surface area contributed by atoms with Crippen molar-refractivity contribution >= 4 is 22.5 Å². The maximum Gasteiger partial charge on any atom is 0.150 e. The van der Waals surface area contributed by atoms with Crippen molar-refractivity contribution in [2.24, 2.45) is 11.8 Å². The van der Waals surface area contributed by atoms with Gasteiger partial charge in [0.05, 0.1) is 11.3 Å². The highest BCUT2D eigenvalue weighted by Crippen LogP contribution is 2.31. The van der Waals surface area contributed by atoms with E-state index in [1.54, 1.807) is 6.20 Å². The Bertz CT molecular complexity index is 1360. The first kappa shape index (κ1) is 26.0. The molecule has 1 unspecified atom stereocenters. The Morgan fingerprint density at radius 3 is 2.72 bits per heavy atom. The highest BCUT2D eigenvalue weighted by molar-refractivity contribution is 6.30. The number of unbranched alkanes of at least 4 members (excludes halogenated alkanes) is 1. The van der Waals surface area contributed by atoms with Crippen molar-refractivity contribution in [3.05, 3.63) is 76.2 Å². The molecule has 0 aliphatic rings. The van der Waals surface area contributed by atoms with E-state index in [0.29, 0.717) is 22.6 Å². The molecule has 6 heteroatoms. The fourth-order valence-electron chi connectivity index (χ4n) is 4.80. The van der Waals surface area contributed by atoms with Gasteiger partial charge in [0.2, 0.25) is 0 Å². The quantitative estimate of drug-likeness (QED) is 0.227. The predicted octanol–water partition coefficient (Wildman–Crippen LogP) is 7.27. The smallest absolute Gasteiger partial charge is 0.150 e. The standard InChI is InChI=1S/C30H36ClN5/c1-5-6-13-36-28(29(31)35-30(36)25-10-8-7-9-21(25)4)15-23(20(2)3)18-33-17-22-11-12-27-26(14-22)24(16-32)19-34-27/h7-12,14,19-20,23,33-34H,5-6,13,15,17-18H2,1-4H3. The molecule has 2 N–H and O–H groups in total. The zero-order valence-electron chi connectivity index (χ0n) is 21.7. The molecule has 0 fully saturated rings. The van der Waals surface area contributed by atoms with Crippen LogP contribution >= 0.6 is 11.6 Å². The lowest BCUT2D eigenvalue weighted by Crippen LogP contribution is -2.28. The first-order valence-corrected chi connectivity index (χ1v) is 13.3. The van der Waals surface area contributed by atoms with Gasteiger partial charge in [-0.25, -0.2) is 4.98 Å². The summed E-state index contributed by atoms with van der Waals surface area (Å²) in [5, 5.41) is 14.6. The molecule has 0 aliphatic carbocycles. The molecule has 2 aromatic carbocycles. The summed E-state index contributed by atoms with van der Waals surface area (Å²) in [5.41, 5.74) is 6.36. The maximum atomic E-state index is 9.35. The molecule has 0 amide bonds. The van der Waals surface area contributed by atoms with Crippen LogP contribution in [0.3, 0.4) is 0 Å². The molecule has 4 aromatic rings. The summed E-state index contributed by atoms with van der Waals surface area (Å²) in [6, 6.07) is 16.9. The minimum Gasteiger partial charge on any atom is -0.360 e. The number of imidazole rings is 1. The van der Waals surface area contributed by atoms with Crippen LogP contribution in [-0.4, -0.2) is 21.1 Å². The Balaban J connectivity index is 1.52. The summed E-state index contributed by atoms with van der Waals surface area (Å²) in [6.07, 6.45) is 4.86. The SMILES string of the molecule is CCCCn1c(-c2ccccc2C)nc(Cl)c1CC(CNCc1ccc2[nH]cc(C#N)c2c1)C(C)C. The highest BCUT2D eigenvalue weighted by atomic mass is 35.5. The molecule has 36 heavy (non-hydrogen) atoms. The average molecular weight is 502 g/mol. The monoisotopic (exact) mass is 501 g/mol. The van der Waals surface area contributed by atoms with Gasteiger partial charge in [-0.3, -0.25) is 0 Å². The van der Waals surface area contributed by atoms with Crippen molar-refractivity contribution in [3.8, 4) is 17.5 Å². The number of aromatic amines is 1. The minimum atomic E-state index is 0.412. The van der Waals surface area contributed by atoms with E-state index < -0.39 is 0 Å². The summed E-state index contributed by atoms with van der Waals surface area (Å²) in [4.78, 5) is 8.02. The van der Waals surface area contributed by atoms with Crippen LogP contribution in [0, 0.1) is 30.1 Å². The molecule has 0 bridgehead atoms. The molecule has 0 radical (unpaired) electrons. The van der Waals surface area contributed by atoms with Gasteiger partial charge >= 0.3 is 0 Å². The van der Waals surface area contributed by atoms with Crippen molar-refractivity contribution in [1.29, 1.82) is 5.26 Å². The van der Waals surface area contributed by atoms with Gasteiger partial charge in [-0.15, -0.1) is 0 Å². The second-order valence-corrected chi connectivity index (χ2v) is 10.4. The van der Waals surface area contributed by atoms with Crippen LogP contribution in [0.4, 0.5) is 0 Å². The number of hydrogen-bond donors (Lipinski definition) is 2. The molecule has 2 aromatic heterocycles. The van der Waals surface area contributed by atoms with Crippen LogP contribution in [0.5, 0.6) is 0 Å². The topological polar surface area (TPSA) is 69.4 Å². The van der Waals surface area contributed by atoms with Gasteiger partial charge in [-0.05, 0) is 61.4 Å². The van der Waals surface area contributed by atoms with E-state index >= 15 is 0 Å². The summed E-state index contributed by atoms with van der Waals surface area (Å²) < 4.78 is 2.35. The van der Waals surface area contributed by atoms with Gasteiger partial charge in [-0.1, -0.05) is 69.1 Å². The third kappa shape index (κ3) is 5.67. The summed E-state index contributed by atoms with van der Waals surface area (Å²) in [6.45, 7) is 11.5. The third-order valence-corrected chi connectivity index (χ3v) is 7.45. The molecule has 0 aliphatic heterocycles. The van der Waals surface area contributed by atoms with Crippen LogP contribution < -0.4 is 5.32 Å². The second kappa shape index (κ2) is 11.8. The largest absolute Gasteiger partial charge is 0.360 e. The van der Waals surface area contributed by atoms with Crippen LogP contribution in [0.15, 0.2) is 48.7 Å². The van der Waals surface area contributed by atoms with Gasteiger partial charge in [0, 0.05) is 35.8 Å². The molecule has 0 saturated carbocycles. The Hall–Kier alpha value is -3.07. The van der Waals surface area contributed by atoms with E-state index in [2.05, 4.69) is 85.0 Å². The number of aryl methyl sites for hydroxylation is 1. The number of nitrogens with zero attached hydrogens (tertiary/aromatic N) is 3. The predicted molar refractivity (Wildman–Crippen MR) is 149 cm³/mol. The molecule has 1 atom stereocenters. The molecular formula is C30H36ClN5. The molecule has 5 nitrogen and oxygen atoms in total. The van der Waals surface area contributed by atoms with E-state index in [1.165, 1.54) is 11.1 Å². The fourth-order valence-corrected chi connectivity index (χ4v) is 5.06. The first-order valence-electron chi connectivity index (χ1n) is 12.9. The zero-order valence-corrected chi connectivity index (χ0v) is 22.5. The molecular weight excluding hydrogens is 466 g/mol. The Labute approximate surface area is 219 Å². The third-order valence-electron chi connectivity index (χ3n) is 7.15. The van der Waals surface area contributed by atoms with Crippen LogP contribution in [-0.2, 0) is 19.5 Å². The number of rotatable bonds is 11. The average Bonchev–Trinajstić information content (AvgIpc) is 3.42. The van der Waals surface area contributed by atoms with E-state index in [-0.39, 0.29) is 0 Å². The minimum absolute atomic E-state index is 0.412. The fraction of sp³-hybridized carbons (Fsp3) is 0.400. The highest BCUT2D eigenvalue weighted by Gasteiger charge is 2.23. The van der Waals surface area contributed by atoms with Gasteiger partial charge in [0.15, 0.2) is 5.15 Å². The Kier molecular flexibility index (Phi) is 8.51. The van der Waals surface area contributed by atoms with Crippen LogP contribution in [0.25, 0.3) is 22.3 Å². The summed E-state index contributed by atoms with van der Waals surface area (Å²) in [5.74, 6) is 1.88. The van der Waals surface area contributed by atoms with Crippen molar-refractivity contribution in [3.63, 3.8) is 0 Å². The maximum absolute atomic E-state index is 9.35. The van der Waals surface area contributed by atoms with Crippen LogP contribution in [0.1, 0.15) is 56.0 Å². The normalized spacial score (nSPS) is 12.4. The lowest BCUT2D eigenvalue weighted by Gasteiger charge is -2.23. The molecule has 4 rings (SSSR count). The molecule has 0 saturated heterocycles. The Morgan fingerprint density at radius 2 is 2.00 bits per heavy atom. The van der Waals surface area contributed by atoms with Crippen LogP contribution in [0.2, 0.25) is 5.15 Å². The number of hydrogen-bond acceptors (Lipinski definition) is 3. The summed E-state index contributed by atoms with van der Waals surface area (Å²) >= 11 is 6.80. The van der Waals surface area contributed by atoms with Crippen molar-refractivity contribution < 1.29 is 0 Å². The van der Waals surface area contributed by atoms with Gasteiger partial charge < -0.3 is 14.9 Å². The summed E-state index contributed by atoms with van der Waals surface area (Å²) in [7, 11) is 0. The van der Waals surface area contributed by atoms with Gasteiger partial charge in [0.1, 0.15) is 11.9 Å². The van der Waals surface area contributed by atoms with Crippen molar-refractivity contribution in [1.82, 2.24) is 19.9 Å². The number of nitriles is 1. The number of halogens is 1. The molecule has 188 valence electrons. The zero-order chi connectivity index (χ0) is 25.7. The van der Waals surface area contributed by atoms with E-state index in [9.17, 15) is 5.26 Å². The number of aromatic nitrogens is 3. The number of H-pyrrole nitrogens is 1. The van der Waals surface area contributed by atoms with Crippen molar-refractivity contribution in [2.75, 3.05) is 6.54 Å². The van der Waals surface area contributed by atoms with E-state index in [0.717, 1.165) is 66.9 Å². The van der Waals surface area contributed by atoms with Crippen molar-refractivity contribution in [2.45, 2.75) is 60.0 Å². The molecule has 0 spiro atoms. The first-order chi connectivity index (χ1) is 17.4. The lowest BCUT2D eigenvalue weighted by atomic mass is 9.91. The van der Waals surface area contributed by atoms with E-state index in [1.807, 2.05) is 6.07 Å².